The summed E-state index contributed by atoms with van der Waals surface area (Å²) >= 11 is 0. The molecule has 0 radical (unpaired) electrons. The van der Waals surface area contributed by atoms with E-state index in [0.29, 0.717) is 6.42 Å². The van der Waals surface area contributed by atoms with Gasteiger partial charge in [-0.05, 0) is 6.92 Å². The first-order chi connectivity index (χ1) is 9.78. The molecule has 1 aliphatic rings. The molecule has 0 saturated carbocycles. The maximum absolute atomic E-state index is 12.3. The molecule has 1 heterocycles. The Labute approximate surface area is 138 Å². The molecule has 3 nitrogen and oxygen atoms in total. The van der Waals surface area contributed by atoms with E-state index in [1.165, 1.54) is 0 Å². The van der Waals surface area contributed by atoms with Gasteiger partial charge in [-0.3, -0.25) is 4.79 Å². The second kappa shape index (κ2) is 6.37. The number of carbonyl (C=O) groups excluding carboxylic acids is 1. The highest BCUT2D eigenvalue weighted by Gasteiger charge is 2.63. The van der Waals surface area contributed by atoms with Crippen molar-refractivity contribution in [2.75, 3.05) is 0 Å². The average Bonchev–Trinajstić information content (AvgIpc) is 2.37. The normalized spacial score (nSPS) is 30.9. The van der Waals surface area contributed by atoms with Crippen molar-refractivity contribution in [2.45, 2.75) is 97.9 Å². The molecule has 1 aliphatic heterocycles. The van der Waals surface area contributed by atoms with Crippen LogP contribution in [-0.2, 0) is 13.6 Å². The molecule has 0 aromatic rings. The van der Waals surface area contributed by atoms with Crippen LogP contribution >= 0.6 is 0 Å². The Morgan fingerprint density at radius 3 is 1.86 bits per heavy atom. The van der Waals surface area contributed by atoms with Crippen LogP contribution in [0, 0.1) is 11.8 Å². The summed E-state index contributed by atoms with van der Waals surface area (Å²) in [6.07, 6.45) is 0.653. The number of rotatable bonds is 3. The number of hydrogen-bond acceptors (Lipinski definition) is 3. The van der Waals surface area contributed by atoms with Crippen LogP contribution in [0.5, 0.6) is 0 Å². The van der Waals surface area contributed by atoms with E-state index in [4.69, 9.17) is 8.85 Å². The molecule has 4 heteroatoms. The molecule has 1 saturated heterocycles. The van der Waals surface area contributed by atoms with Crippen molar-refractivity contribution in [2.24, 2.45) is 11.8 Å². The molecule has 0 bridgehead atoms. The molecule has 1 fully saturated rings. The van der Waals surface area contributed by atoms with Gasteiger partial charge in [-0.15, -0.1) is 0 Å². The summed E-state index contributed by atoms with van der Waals surface area (Å²) < 4.78 is 13.4. The second-order valence-corrected chi connectivity index (χ2v) is 13.7. The maximum Gasteiger partial charge on any atom is 0.349 e. The Morgan fingerprint density at radius 1 is 1.05 bits per heavy atom. The van der Waals surface area contributed by atoms with E-state index in [2.05, 4.69) is 55.4 Å². The van der Waals surface area contributed by atoms with Crippen LogP contribution in [0.1, 0.15) is 75.7 Å². The standard InChI is InChI=1S/C18H36O3Si/c1-11-15(19)13(3)16-12(2)14(4)20-22(21-16,17(5,6)7)18(8,9)10/h12-14,16H,11H2,1-10H3/t12-,13-,14+,16-/m1/s1. The first kappa shape index (κ1) is 19.9. The summed E-state index contributed by atoms with van der Waals surface area (Å²) in [5, 5.41) is -0.0975. The van der Waals surface area contributed by atoms with Crippen LogP contribution in [0.4, 0.5) is 0 Å². The van der Waals surface area contributed by atoms with Crippen molar-refractivity contribution in [3.05, 3.63) is 0 Å². The van der Waals surface area contributed by atoms with Crippen LogP contribution in [0.15, 0.2) is 0 Å². The van der Waals surface area contributed by atoms with Gasteiger partial charge in [0.05, 0.1) is 6.10 Å². The van der Waals surface area contributed by atoms with Gasteiger partial charge in [0, 0.05) is 34.4 Å². The first-order valence-corrected chi connectivity index (χ1v) is 10.5. The number of hydrogen-bond donors (Lipinski definition) is 0. The molecule has 0 aromatic carbocycles. The molecule has 4 atom stereocenters. The van der Waals surface area contributed by atoms with Gasteiger partial charge in [-0.25, -0.2) is 0 Å². The lowest BCUT2D eigenvalue weighted by atomic mass is 9.87. The predicted octanol–water partition coefficient (Wildman–Crippen LogP) is 5.08. The van der Waals surface area contributed by atoms with Gasteiger partial charge in [0.1, 0.15) is 5.78 Å². The van der Waals surface area contributed by atoms with E-state index < -0.39 is 8.56 Å². The fraction of sp³-hybridized carbons (Fsp3) is 0.944. The Kier molecular flexibility index (Phi) is 5.75. The number of Topliss-reactive ketones (excluding diaryl/α,β-unsaturated/α-hetero) is 1. The first-order valence-electron chi connectivity index (χ1n) is 8.67. The molecule has 0 amide bonds. The fourth-order valence-corrected chi connectivity index (χ4v) is 9.12. The van der Waals surface area contributed by atoms with Gasteiger partial charge in [0.15, 0.2) is 0 Å². The molecular weight excluding hydrogens is 292 g/mol. The molecule has 1 rings (SSSR count). The predicted molar refractivity (Wildman–Crippen MR) is 94.2 cm³/mol. The third-order valence-corrected chi connectivity index (χ3v) is 10.5. The average molecular weight is 329 g/mol. The van der Waals surface area contributed by atoms with Crippen molar-refractivity contribution in [3.8, 4) is 0 Å². The molecule has 22 heavy (non-hydrogen) atoms. The lowest BCUT2D eigenvalue weighted by molar-refractivity contribution is -0.132. The molecule has 0 aromatic heterocycles. The summed E-state index contributed by atoms with van der Waals surface area (Å²) in [6.45, 7) is 21.6. The fourth-order valence-electron chi connectivity index (χ4n) is 3.86. The van der Waals surface area contributed by atoms with Crippen LogP contribution in [0.25, 0.3) is 0 Å². The van der Waals surface area contributed by atoms with Gasteiger partial charge in [-0.1, -0.05) is 62.3 Å². The van der Waals surface area contributed by atoms with Gasteiger partial charge in [-0.2, -0.15) is 0 Å². The van der Waals surface area contributed by atoms with E-state index in [1.54, 1.807) is 0 Å². The van der Waals surface area contributed by atoms with E-state index in [-0.39, 0.29) is 39.9 Å². The minimum atomic E-state index is -2.53. The zero-order valence-corrected chi connectivity index (χ0v) is 17.2. The van der Waals surface area contributed by atoms with Crippen molar-refractivity contribution in [1.29, 1.82) is 0 Å². The third kappa shape index (κ3) is 3.34. The smallest absolute Gasteiger partial charge is 0.349 e. The van der Waals surface area contributed by atoms with Gasteiger partial charge < -0.3 is 8.85 Å². The highest BCUT2D eigenvalue weighted by Crippen LogP contribution is 2.56. The monoisotopic (exact) mass is 328 g/mol. The summed E-state index contributed by atoms with van der Waals surface area (Å²) in [6, 6.07) is 0. The third-order valence-electron chi connectivity index (χ3n) is 5.24. The van der Waals surface area contributed by atoms with Gasteiger partial charge >= 0.3 is 8.56 Å². The van der Waals surface area contributed by atoms with E-state index in [1.807, 2.05) is 13.8 Å². The van der Waals surface area contributed by atoms with Crippen LogP contribution in [0.3, 0.4) is 0 Å². The van der Waals surface area contributed by atoms with Crippen LogP contribution in [-0.4, -0.2) is 26.6 Å². The second-order valence-electron chi connectivity index (χ2n) is 8.99. The van der Waals surface area contributed by atoms with E-state index in [9.17, 15) is 4.79 Å². The van der Waals surface area contributed by atoms with Crippen LogP contribution in [0.2, 0.25) is 10.1 Å². The van der Waals surface area contributed by atoms with E-state index >= 15 is 0 Å². The Morgan fingerprint density at radius 2 is 1.50 bits per heavy atom. The molecule has 0 aliphatic carbocycles. The Balaban J connectivity index is 3.31. The molecule has 130 valence electrons. The maximum atomic E-state index is 12.3. The van der Waals surface area contributed by atoms with E-state index in [0.717, 1.165) is 0 Å². The topological polar surface area (TPSA) is 35.5 Å². The summed E-state index contributed by atoms with van der Waals surface area (Å²) in [5.41, 5.74) is 0. The molecular formula is C18H36O3Si. The zero-order chi connectivity index (χ0) is 17.5. The van der Waals surface area contributed by atoms with Gasteiger partial charge in [0.25, 0.3) is 0 Å². The van der Waals surface area contributed by atoms with Crippen molar-refractivity contribution >= 4 is 14.3 Å². The van der Waals surface area contributed by atoms with Crippen LogP contribution < -0.4 is 0 Å². The molecule has 0 N–H and O–H groups in total. The highest BCUT2D eigenvalue weighted by atomic mass is 28.4. The lowest BCUT2D eigenvalue weighted by Crippen LogP contribution is -2.66. The summed E-state index contributed by atoms with van der Waals surface area (Å²) in [4.78, 5) is 12.3. The minimum Gasteiger partial charge on any atom is -0.390 e. The highest BCUT2D eigenvalue weighted by molar-refractivity contribution is 6.73. The van der Waals surface area contributed by atoms with Crippen molar-refractivity contribution < 1.29 is 13.6 Å². The Bertz CT molecular complexity index is 392. The molecule has 0 spiro atoms. The minimum absolute atomic E-state index is 0.0404. The summed E-state index contributed by atoms with van der Waals surface area (Å²) in [7, 11) is -2.53. The quantitative estimate of drug-likeness (QED) is 0.677. The summed E-state index contributed by atoms with van der Waals surface area (Å²) in [5.74, 6) is 0.454. The Hall–Kier alpha value is -0.193. The van der Waals surface area contributed by atoms with Crippen molar-refractivity contribution in [3.63, 3.8) is 0 Å². The zero-order valence-electron chi connectivity index (χ0n) is 16.2. The van der Waals surface area contributed by atoms with Gasteiger partial charge in [0.2, 0.25) is 0 Å². The molecule has 0 unspecified atom stereocenters. The number of ketones is 1. The van der Waals surface area contributed by atoms with Crippen molar-refractivity contribution in [1.82, 2.24) is 0 Å². The lowest BCUT2D eigenvalue weighted by Gasteiger charge is -2.57. The largest absolute Gasteiger partial charge is 0.390 e. The SMILES string of the molecule is CCC(=O)[C@@H](C)[C@@H]1O[Si](C(C)(C)C)(C(C)(C)C)O[C@@H](C)[C@H]1C. The number of carbonyl (C=O) groups is 1.